The van der Waals surface area contributed by atoms with E-state index in [4.69, 9.17) is 14.9 Å². The molecular weight excluding hydrogens is 330 g/mol. The molecule has 128 valence electrons. The lowest BCUT2D eigenvalue weighted by atomic mass is 10.1. The fourth-order valence-electron chi connectivity index (χ4n) is 2.69. The lowest BCUT2D eigenvalue weighted by Gasteiger charge is -2.02. The summed E-state index contributed by atoms with van der Waals surface area (Å²) >= 11 is 0. The Kier molecular flexibility index (Phi) is 3.85. The molecule has 26 heavy (non-hydrogen) atoms. The molecule has 0 saturated carbocycles. The molecule has 0 aliphatic rings. The molecular formula is C20H15N3O3. The van der Waals surface area contributed by atoms with Gasteiger partial charge in [0.1, 0.15) is 5.75 Å². The van der Waals surface area contributed by atoms with E-state index < -0.39 is 0 Å². The van der Waals surface area contributed by atoms with Crippen molar-refractivity contribution in [3.8, 4) is 17.1 Å². The van der Waals surface area contributed by atoms with Gasteiger partial charge in [-0.3, -0.25) is 4.79 Å². The van der Waals surface area contributed by atoms with Crippen LogP contribution in [0, 0.1) is 0 Å². The number of rotatable bonds is 4. The van der Waals surface area contributed by atoms with E-state index in [2.05, 4.69) is 9.97 Å². The van der Waals surface area contributed by atoms with Crippen LogP contribution in [-0.2, 0) is 0 Å². The summed E-state index contributed by atoms with van der Waals surface area (Å²) in [6.45, 7) is 0. The van der Waals surface area contributed by atoms with Crippen LogP contribution in [-0.4, -0.2) is 22.9 Å². The van der Waals surface area contributed by atoms with Crippen LogP contribution in [0.1, 0.15) is 16.1 Å². The molecule has 4 aromatic rings. The molecule has 2 aromatic carbocycles. The van der Waals surface area contributed by atoms with Crippen LogP contribution in [0.15, 0.2) is 65.2 Å². The second kappa shape index (κ2) is 6.33. The van der Waals surface area contributed by atoms with Crippen LogP contribution < -0.4 is 10.5 Å². The van der Waals surface area contributed by atoms with E-state index in [0.717, 1.165) is 5.56 Å². The van der Waals surface area contributed by atoms with Crippen LogP contribution in [0.4, 0.5) is 5.69 Å². The predicted octanol–water partition coefficient (Wildman–Crippen LogP) is 3.71. The number of fused-ring (bicyclic) bond motifs is 1. The van der Waals surface area contributed by atoms with Crippen molar-refractivity contribution in [2.75, 3.05) is 12.8 Å². The molecule has 0 aliphatic carbocycles. The highest BCUT2D eigenvalue weighted by molar-refractivity contribution is 6.14. The molecule has 4 rings (SSSR count). The van der Waals surface area contributed by atoms with Crippen molar-refractivity contribution >= 4 is 22.6 Å². The number of carbonyl (C=O) groups excluding carboxylic acids is 1. The van der Waals surface area contributed by atoms with Gasteiger partial charge in [-0.25, -0.2) is 4.98 Å². The van der Waals surface area contributed by atoms with Crippen molar-refractivity contribution in [2.45, 2.75) is 0 Å². The number of furan rings is 1. The molecule has 0 amide bonds. The van der Waals surface area contributed by atoms with E-state index in [1.165, 1.54) is 0 Å². The Morgan fingerprint density at radius 3 is 2.69 bits per heavy atom. The molecule has 6 nitrogen and oxygen atoms in total. The fraction of sp³-hybridized carbons (Fsp3) is 0.0500. The molecule has 6 heteroatoms. The highest BCUT2D eigenvalue weighted by Crippen LogP contribution is 2.30. The number of hydrogen-bond donors (Lipinski definition) is 1. The van der Waals surface area contributed by atoms with Crippen molar-refractivity contribution in [3.63, 3.8) is 0 Å². The number of ether oxygens (including phenoxy) is 1. The van der Waals surface area contributed by atoms with Crippen molar-refractivity contribution < 1.29 is 13.9 Å². The average molecular weight is 345 g/mol. The number of aromatic nitrogens is 2. The Labute approximate surface area is 149 Å². The summed E-state index contributed by atoms with van der Waals surface area (Å²) in [7, 11) is 1.54. The topological polar surface area (TPSA) is 91.2 Å². The smallest absolute Gasteiger partial charge is 0.232 e. The quantitative estimate of drug-likeness (QED) is 0.567. The molecule has 2 N–H and O–H groups in total. The zero-order chi connectivity index (χ0) is 18.1. The zero-order valence-corrected chi connectivity index (χ0v) is 14.0. The predicted molar refractivity (Wildman–Crippen MR) is 98.1 cm³/mol. The SMILES string of the molecule is COc1cccc(C(=O)c2oc3nc(-c4ccccc4)ncc3c2N)c1. The van der Waals surface area contributed by atoms with Crippen LogP contribution >= 0.6 is 0 Å². The molecule has 0 bridgehead atoms. The number of nitrogens with two attached hydrogens (primary N) is 1. The number of nitrogens with zero attached hydrogens (tertiary/aromatic N) is 2. The lowest BCUT2D eigenvalue weighted by molar-refractivity contribution is 0.101. The second-order valence-electron chi connectivity index (χ2n) is 5.68. The van der Waals surface area contributed by atoms with E-state index in [1.807, 2.05) is 30.3 Å². The maximum atomic E-state index is 12.8. The van der Waals surface area contributed by atoms with Crippen molar-refractivity contribution in [2.24, 2.45) is 0 Å². The summed E-state index contributed by atoms with van der Waals surface area (Å²) < 4.78 is 10.8. The summed E-state index contributed by atoms with van der Waals surface area (Å²) in [5.74, 6) is 0.803. The number of hydrogen-bond acceptors (Lipinski definition) is 6. The van der Waals surface area contributed by atoms with E-state index in [9.17, 15) is 4.79 Å². The number of anilines is 1. The first-order chi connectivity index (χ1) is 12.7. The number of ketones is 1. The summed E-state index contributed by atoms with van der Waals surface area (Å²) in [5.41, 5.74) is 7.89. The monoisotopic (exact) mass is 345 g/mol. The Hall–Kier alpha value is -3.67. The highest BCUT2D eigenvalue weighted by Gasteiger charge is 2.22. The first-order valence-corrected chi connectivity index (χ1v) is 7.96. The molecule has 2 heterocycles. The molecule has 0 spiro atoms. The van der Waals surface area contributed by atoms with Gasteiger partial charge >= 0.3 is 0 Å². The number of carbonyl (C=O) groups is 1. The van der Waals surface area contributed by atoms with Gasteiger partial charge in [-0.2, -0.15) is 4.98 Å². The number of nitrogen functional groups attached to an aromatic ring is 1. The van der Waals surface area contributed by atoms with Gasteiger partial charge in [0, 0.05) is 17.3 Å². The van der Waals surface area contributed by atoms with Crippen molar-refractivity contribution in [3.05, 3.63) is 72.1 Å². The highest BCUT2D eigenvalue weighted by atomic mass is 16.5. The van der Waals surface area contributed by atoms with Gasteiger partial charge in [-0.05, 0) is 12.1 Å². The average Bonchev–Trinajstić information content (AvgIpc) is 3.04. The molecule has 0 saturated heterocycles. The Morgan fingerprint density at radius 2 is 1.92 bits per heavy atom. The van der Waals surface area contributed by atoms with Crippen molar-refractivity contribution in [1.82, 2.24) is 9.97 Å². The molecule has 0 aliphatic heterocycles. The first kappa shape index (κ1) is 15.8. The third kappa shape index (κ3) is 2.67. The van der Waals surface area contributed by atoms with E-state index in [1.54, 1.807) is 37.6 Å². The minimum Gasteiger partial charge on any atom is -0.497 e. The third-order valence-electron chi connectivity index (χ3n) is 4.06. The maximum Gasteiger partial charge on any atom is 0.232 e. The normalized spacial score (nSPS) is 10.8. The van der Waals surface area contributed by atoms with Gasteiger partial charge in [-0.1, -0.05) is 42.5 Å². The van der Waals surface area contributed by atoms with E-state index in [0.29, 0.717) is 22.5 Å². The molecule has 2 aromatic heterocycles. The van der Waals surface area contributed by atoms with Gasteiger partial charge in [0.15, 0.2) is 5.82 Å². The maximum absolute atomic E-state index is 12.8. The van der Waals surface area contributed by atoms with E-state index in [-0.39, 0.29) is 22.9 Å². The summed E-state index contributed by atoms with van der Waals surface area (Å²) in [6.07, 6.45) is 1.58. The minimum absolute atomic E-state index is 0.0489. The molecule has 0 radical (unpaired) electrons. The number of benzene rings is 2. The first-order valence-electron chi connectivity index (χ1n) is 7.96. The molecule has 0 atom stereocenters. The van der Waals surface area contributed by atoms with Gasteiger partial charge in [0.05, 0.1) is 18.2 Å². The van der Waals surface area contributed by atoms with Gasteiger partial charge in [-0.15, -0.1) is 0 Å². The fourth-order valence-corrected chi connectivity index (χ4v) is 2.69. The van der Waals surface area contributed by atoms with Crippen LogP contribution in [0.5, 0.6) is 5.75 Å². The molecule has 0 unspecified atom stereocenters. The largest absolute Gasteiger partial charge is 0.497 e. The zero-order valence-electron chi connectivity index (χ0n) is 14.0. The standard InChI is InChI=1S/C20H15N3O3/c1-25-14-9-5-8-13(10-14)17(24)18-16(21)15-11-22-19(23-20(15)26-18)12-6-3-2-4-7-12/h2-11H,21H2,1H3. The van der Waals surface area contributed by atoms with Crippen LogP contribution in [0.25, 0.3) is 22.5 Å². The van der Waals surface area contributed by atoms with Crippen LogP contribution in [0.2, 0.25) is 0 Å². The van der Waals surface area contributed by atoms with E-state index >= 15 is 0 Å². The molecule has 0 fully saturated rings. The van der Waals surface area contributed by atoms with Gasteiger partial charge < -0.3 is 14.9 Å². The second-order valence-corrected chi connectivity index (χ2v) is 5.68. The summed E-state index contributed by atoms with van der Waals surface area (Å²) in [4.78, 5) is 21.5. The Balaban J connectivity index is 1.78. The van der Waals surface area contributed by atoms with Gasteiger partial charge in [0.2, 0.25) is 17.3 Å². The summed E-state index contributed by atoms with van der Waals surface area (Å²) in [5, 5.41) is 0.510. The van der Waals surface area contributed by atoms with Crippen LogP contribution in [0.3, 0.4) is 0 Å². The minimum atomic E-state index is -0.333. The Morgan fingerprint density at radius 1 is 1.12 bits per heavy atom. The third-order valence-corrected chi connectivity index (χ3v) is 4.06. The van der Waals surface area contributed by atoms with Crippen molar-refractivity contribution in [1.29, 1.82) is 0 Å². The Bertz CT molecular complexity index is 1100. The number of methoxy groups -OCH3 is 1. The van der Waals surface area contributed by atoms with Gasteiger partial charge in [0.25, 0.3) is 0 Å². The summed E-state index contributed by atoms with van der Waals surface area (Å²) in [6, 6.07) is 16.3. The lowest BCUT2D eigenvalue weighted by Crippen LogP contribution is -2.03.